The van der Waals surface area contributed by atoms with Gasteiger partial charge < -0.3 is 10.6 Å². The minimum atomic E-state index is -0.596. The van der Waals surface area contributed by atoms with Crippen LogP contribution in [0.15, 0.2) is 42.6 Å². The first kappa shape index (κ1) is 15.6. The third-order valence-electron chi connectivity index (χ3n) is 2.92. The van der Waals surface area contributed by atoms with E-state index in [9.17, 15) is 14.0 Å². The summed E-state index contributed by atoms with van der Waals surface area (Å²) in [5, 5.41) is 5.19. The zero-order valence-electron chi connectivity index (χ0n) is 12.3. The highest BCUT2D eigenvalue weighted by Gasteiger charge is 2.12. The van der Waals surface area contributed by atoms with Crippen LogP contribution < -0.4 is 10.6 Å². The molecule has 5 nitrogen and oxygen atoms in total. The predicted molar refractivity (Wildman–Crippen MR) is 82.1 cm³/mol. The van der Waals surface area contributed by atoms with Gasteiger partial charge in [0.15, 0.2) is 0 Å². The van der Waals surface area contributed by atoms with Crippen LogP contribution in [0.25, 0.3) is 0 Å². The number of aromatic nitrogens is 1. The van der Waals surface area contributed by atoms with Crippen LogP contribution in [-0.4, -0.2) is 16.8 Å². The maximum absolute atomic E-state index is 13.5. The minimum absolute atomic E-state index is 0.0542. The monoisotopic (exact) mass is 301 g/mol. The Bertz CT molecular complexity index is 684. The lowest BCUT2D eigenvalue weighted by molar-refractivity contribution is -0.118. The summed E-state index contributed by atoms with van der Waals surface area (Å²) in [6.45, 7) is 3.57. The first-order valence-electron chi connectivity index (χ1n) is 6.80. The summed E-state index contributed by atoms with van der Waals surface area (Å²) in [5.41, 5.74) is 0.476. The number of anilines is 2. The van der Waals surface area contributed by atoms with Gasteiger partial charge >= 0.3 is 0 Å². The molecule has 0 atom stereocenters. The zero-order valence-corrected chi connectivity index (χ0v) is 12.3. The number of carbonyl (C=O) groups is 2. The van der Waals surface area contributed by atoms with Crippen molar-refractivity contribution in [3.63, 3.8) is 0 Å². The van der Waals surface area contributed by atoms with E-state index >= 15 is 0 Å². The van der Waals surface area contributed by atoms with Gasteiger partial charge in [0.2, 0.25) is 5.91 Å². The molecule has 6 heteroatoms. The van der Waals surface area contributed by atoms with Gasteiger partial charge in [-0.05, 0) is 24.3 Å². The summed E-state index contributed by atoms with van der Waals surface area (Å²) >= 11 is 0. The van der Waals surface area contributed by atoms with Crippen LogP contribution in [0.2, 0.25) is 0 Å². The molecule has 0 aliphatic carbocycles. The van der Waals surface area contributed by atoms with E-state index < -0.39 is 11.7 Å². The van der Waals surface area contributed by atoms with Gasteiger partial charge in [-0.15, -0.1) is 0 Å². The second-order valence-electron chi connectivity index (χ2n) is 5.01. The highest BCUT2D eigenvalue weighted by atomic mass is 19.1. The van der Waals surface area contributed by atoms with Crippen LogP contribution in [-0.2, 0) is 4.79 Å². The summed E-state index contributed by atoms with van der Waals surface area (Å²) in [6.07, 6.45) is 1.43. The average Bonchev–Trinajstić information content (AvgIpc) is 2.49. The Morgan fingerprint density at radius 2 is 1.82 bits per heavy atom. The fourth-order valence-electron chi connectivity index (χ4n) is 1.66. The van der Waals surface area contributed by atoms with E-state index in [1.54, 1.807) is 26.0 Å². The van der Waals surface area contributed by atoms with E-state index in [4.69, 9.17) is 0 Å². The number of carbonyl (C=O) groups excluding carboxylic acids is 2. The molecule has 2 N–H and O–H groups in total. The molecule has 0 spiro atoms. The fraction of sp³-hybridized carbons (Fsp3) is 0.188. The smallest absolute Gasteiger partial charge is 0.259 e. The Hall–Kier alpha value is -2.76. The second kappa shape index (κ2) is 6.80. The van der Waals surface area contributed by atoms with Crippen molar-refractivity contribution in [2.45, 2.75) is 13.8 Å². The van der Waals surface area contributed by atoms with E-state index in [1.807, 2.05) is 0 Å². The van der Waals surface area contributed by atoms with Crippen LogP contribution in [0.4, 0.5) is 15.9 Å². The number of benzene rings is 1. The Morgan fingerprint density at radius 3 is 2.41 bits per heavy atom. The summed E-state index contributed by atoms with van der Waals surface area (Å²) < 4.78 is 13.5. The third kappa shape index (κ3) is 3.88. The minimum Gasteiger partial charge on any atom is -0.325 e. The van der Waals surface area contributed by atoms with Crippen LogP contribution in [0, 0.1) is 11.7 Å². The molecule has 2 aromatic rings. The fourth-order valence-corrected chi connectivity index (χ4v) is 1.66. The summed E-state index contributed by atoms with van der Waals surface area (Å²) in [4.78, 5) is 27.5. The predicted octanol–water partition coefficient (Wildman–Crippen LogP) is 3.07. The van der Waals surface area contributed by atoms with Gasteiger partial charge in [-0.25, -0.2) is 9.37 Å². The Labute approximate surface area is 127 Å². The molecule has 0 radical (unpaired) electrons. The summed E-state index contributed by atoms with van der Waals surface area (Å²) in [7, 11) is 0. The van der Waals surface area contributed by atoms with E-state index in [1.165, 1.54) is 30.5 Å². The number of rotatable bonds is 4. The maximum Gasteiger partial charge on any atom is 0.259 e. The molecule has 0 saturated carbocycles. The van der Waals surface area contributed by atoms with Crippen LogP contribution in [0.1, 0.15) is 24.2 Å². The van der Waals surface area contributed by atoms with Crippen LogP contribution in [0.5, 0.6) is 0 Å². The third-order valence-corrected chi connectivity index (χ3v) is 2.92. The van der Waals surface area contributed by atoms with Gasteiger partial charge in [-0.1, -0.05) is 26.0 Å². The first-order valence-corrected chi connectivity index (χ1v) is 6.80. The molecule has 114 valence electrons. The molecule has 0 aliphatic heterocycles. The molecule has 2 rings (SSSR count). The number of nitrogens with zero attached hydrogens (tertiary/aromatic N) is 1. The average molecular weight is 301 g/mol. The standard InChI is InChI=1S/C16H16FN3O2/c1-10(2)15(21)19-11-7-8-14(18-9-11)20-16(22)12-5-3-4-6-13(12)17/h3-10H,1-2H3,(H,19,21)(H,18,20,22). The van der Waals surface area contributed by atoms with Crippen molar-refractivity contribution in [1.29, 1.82) is 0 Å². The number of pyridine rings is 1. The van der Waals surface area contributed by atoms with E-state index in [0.717, 1.165) is 0 Å². The molecule has 0 saturated heterocycles. The van der Waals surface area contributed by atoms with Gasteiger partial charge in [0, 0.05) is 5.92 Å². The van der Waals surface area contributed by atoms with E-state index in [-0.39, 0.29) is 23.2 Å². The van der Waals surface area contributed by atoms with Gasteiger partial charge in [0.25, 0.3) is 5.91 Å². The molecule has 0 bridgehead atoms. The lowest BCUT2D eigenvalue weighted by atomic mass is 10.2. The van der Waals surface area contributed by atoms with E-state index in [0.29, 0.717) is 5.69 Å². The van der Waals surface area contributed by atoms with Gasteiger partial charge in [-0.3, -0.25) is 9.59 Å². The van der Waals surface area contributed by atoms with E-state index in [2.05, 4.69) is 15.6 Å². The molecule has 1 aromatic heterocycles. The molecule has 1 heterocycles. The number of hydrogen-bond acceptors (Lipinski definition) is 3. The van der Waals surface area contributed by atoms with Gasteiger partial charge in [0.05, 0.1) is 17.4 Å². The molecular formula is C16H16FN3O2. The Balaban J connectivity index is 2.04. The highest BCUT2D eigenvalue weighted by molar-refractivity contribution is 6.04. The lowest BCUT2D eigenvalue weighted by Crippen LogP contribution is -2.18. The molecule has 1 aromatic carbocycles. The lowest BCUT2D eigenvalue weighted by Gasteiger charge is -2.09. The molecule has 0 aliphatic rings. The molecule has 0 unspecified atom stereocenters. The Kier molecular flexibility index (Phi) is 4.83. The van der Waals surface area contributed by atoms with Gasteiger partial charge in [0.1, 0.15) is 11.6 Å². The van der Waals surface area contributed by atoms with Crippen LogP contribution >= 0.6 is 0 Å². The van der Waals surface area contributed by atoms with Gasteiger partial charge in [-0.2, -0.15) is 0 Å². The number of halogens is 1. The highest BCUT2D eigenvalue weighted by Crippen LogP contribution is 2.13. The molecule has 0 fully saturated rings. The summed E-state index contributed by atoms with van der Waals surface area (Å²) in [6, 6.07) is 8.85. The topological polar surface area (TPSA) is 71.1 Å². The number of amides is 2. The molecular weight excluding hydrogens is 285 g/mol. The Morgan fingerprint density at radius 1 is 1.09 bits per heavy atom. The summed E-state index contributed by atoms with van der Waals surface area (Å²) in [5.74, 6) is -1.16. The molecule has 22 heavy (non-hydrogen) atoms. The normalized spacial score (nSPS) is 10.4. The van der Waals surface area contributed by atoms with Crippen molar-refractivity contribution in [2.24, 2.45) is 5.92 Å². The zero-order chi connectivity index (χ0) is 16.1. The van der Waals surface area contributed by atoms with Crippen molar-refractivity contribution >= 4 is 23.3 Å². The number of nitrogens with one attached hydrogen (secondary N) is 2. The van der Waals surface area contributed by atoms with Crippen LogP contribution in [0.3, 0.4) is 0 Å². The van der Waals surface area contributed by atoms with Crippen molar-refractivity contribution in [1.82, 2.24) is 4.98 Å². The van der Waals surface area contributed by atoms with Crippen molar-refractivity contribution in [3.05, 3.63) is 54.0 Å². The van der Waals surface area contributed by atoms with Crippen molar-refractivity contribution in [2.75, 3.05) is 10.6 Å². The quantitative estimate of drug-likeness (QED) is 0.911. The maximum atomic E-state index is 13.5. The first-order chi connectivity index (χ1) is 10.5. The van der Waals surface area contributed by atoms with Crippen molar-refractivity contribution in [3.8, 4) is 0 Å². The number of hydrogen-bond donors (Lipinski definition) is 2. The largest absolute Gasteiger partial charge is 0.325 e. The SMILES string of the molecule is CC(C)C(=O)Nc1ccc(NC(=O)c2ccccc2F)nc1. The molecule has 2 amide bonds. The van der Waals surface area contributed by atoms with Crippen molar-refractivity contribution < 1.29 is 14.0 Å². The second-order valence-corrected chi connectivity index (χ2v) is 5.01.